The summed E-state index contributed by atoms with van der Waals surface area (Å²) in [6.07, 6.45) is 4.09. The number of carbonyl (C=O) groups excluding carboxylic acids is 4. The van der Waals surface area contributed by atoms with Crippen LogP contribution in [-0.4, -0.2) is 89.8 Å². The van der Waals surface area contributed by atoms with Crippen LogP contribution in [0.2, 0.25) is 0 Å². The smallest absolute Gasteiger partial charge is 0.313 e. The predicted molar refractivity (Wildman–Crippen MR) is 210 cm³/mol. The van der Waals surface area contributed by atoms with Crippen molar-refractivity contribution >= 4 is 35.1 Å². The number of aliphatic hydroxyl groups is 1. The molecule has 3 amide bonds. The Morgan fingerprint density at radius 3 is 2.30 bits per heavy atom. The molecule has 3 aliphatic rings. The van der Waals surface area contributed by atoms with E-state index in [4.69, 9.17) is 9.47 Å². The second kappa shape index (κ2) is 17.8. The molecule has 2 aromatic carbocycles. The van der Waals surface area contributed by atoms with Crippen LogP contribution in [0.15, 0.2) is 79.9 Å². The number of esters is 1. The molecular formula is C43H58N4O7. The van der Waals surface area contributed by atoms with Gasteiger partial charge in [-0.15, -0.1) is 13.2 Å². The molecule has 3 fully saturated rings. The quantitative estimate of drug-likeness (QED) is 0.141. The van der Waals surface area contributed by atoms with E-state index in [-0.39, 0.29) is 37.3 Å². The van der Waals surface area contributed by atoms with Crippen molar-refractivity contribution in [3.05, 3.63) is 85.5 Å². The molecule has 54 heavy (non-hydrogen) atoms. The Labute approximate surface area is 320 Å². The van der Waals surface area contributed by atoms with Gasteiger partial charge in [0.25, 0.3) is 5.91 Å². The fourth-order valence-corrected chi connectivity index (χ4v) is 8.78. The molecule has 3 heterocycles. The number of amides is 3. The number of hydrogen-bond donors (Lipinski definition) is 2. The zero-order valence-corrected chi connectivity index (χ0v) is 32.5. The number of ether oxygens (including phenoxy) is 2. The Kier molecular flexibility index (Phi) is 13.4. The maximum atomic E-state index is 15.1. The number of aliphatic hydroxyl groups excluding tert-OH is 1. The van der Waals surface area contributed by atoms with Gasteiger partial charge in [0.15, 0.2) is 0 Å². The van der Waals surface area contributed by atoms with Crippen LogP contribution in [0.4, 0.5) is 11.4 Å². The van der Waals surface area contributed by atoms with Crippen LogP contribution in [0.1, 0.15) is 78.4 Å². The van der Waals surface area contributed by atoms with Gasteiger partial charge in [0.05, 0.1) is 36.6 Å². The minimum atomic E-state index is -1.31. The summed E-state index contributed by atoms with van der Waals surface area (Å²) in [7, 11) is 0. The van der Waals surface area contributed by atoms with Crippen molar-refractivity contribution < 1.29 is 33.8 Å². The van der Waals surface area contributed by atoms with Crippen molar-refractivity contribution in [2.24, 2.45) is 17.8 Å². The Bertz CT molecular complexity index is 1650. The maximum absolute atomic E-state index is 15.1. The number of benzene rings is 2. The third-order valence-electron chi connectivity index (χ3n) is 11.7. The Hall–Kier alpha value is -4.48. The highest BCUT2D eigenvalue weighted by molar-refractivity contribution is 6.05. The second-order valence-electron chi connectivity index (χ2n) is 14.8. The first-order chi connectivity index (χ1) is 26.0. The number of carbonyl (C=O) groups is 4. The number of rotatable bonds is 19. The van der Waals surface area contributed by atoms with Gasteiger partial charge in [-0.2, -0.15) is 0 Å². The SMILES string of the molecule is C=CCCC(=O)N[C@@H](C)[C@H](OC(=O)[C@@H]1[C@H]2C(=O)N([C@@H](CO)[C@@H](C)CC)[C@H](C(=O)N(CC=C)c3ccc(N(CC)CC)cc3)[C@]23CC[C@H]1O3)c1ccccc1. The predicted octanol–water partition coefficient (Wildman–Crippen LogP) is 5.59. The number of fused-ring (bicyclic) bond motifs is 1. The molecule has 1 spiro atoms. The summed E-state index contributed by atoms with van der Waals surface area (Å²) in [5, 5.41) is 13.8. The van der Waals surface area contributed by atoms with Crippen molar-refractivity contribution in [3.8, 4) is 0 Å². The van der Waals surface area contributed by atoms with Crippen LogP contribution in [-0.2, 0) is 28.7 Å². The van der Waals surface area contributed by atoms with Gasteiger partial charge in [-0.05, 0) is 75.8 Å². The highest BCUT2D eigenvalue weighted by atomic mass is 16.6. The molecule has 292 valence electrons. The summed E-state index contributed by atoms with van der Waals surface area (Å²) < 4.78 is 13.1. The molecule has 0 aliphatic carbocycles. The molecule has 3 saturated heterocycles. The fourth-order valence-electron chi connectivity index (χ4n) is 8.78. The molecule has 2 N–H and O–H groups in total. The van der Waals surface area contributed by atoms with Crippen molar-refractivity contribution in [2.45, 2.75) is 103 Å². The average molecular weight is 743 g/mol. The summed E-state index contributed by atoms with van der Waals surface area (Å²) >= 11 is 0. The number of nitrogens with one attached hydrogen (secondary N) is 1. The van der Waals surface area contributed by atoms with Crippen LogP contribution in [0, 0.1) is 17.8 Å². The molecular weight excluding hydrogens is 684 g/mol. The fraction of sp³-hybridized carbons (Fsp3) is 0.535. The van der Waals surface area contributed by atoms with E-state index in [0.717, 1.165) is 18.8 Å². The van der Waals surface area contributed by atoms with E-state index in [2.05, 4.69) is 37.2 Å². The number of likely N-dealkylation sites (tertiary alicyclic amines) is 1. The minimum absolute atomic E-state index is 0.152. The topological polar surface area (TPSA) is 129 Å². The van der Waals surface area contributed by atoms with Crippen LogP contribution in [0.5, 0.6) is 0 Å². The average Bonchev–Trinajstić information content (AvgIpc) is 3.83. The highest BCUT2D eigenvalue weighted by Gasteiger charge is 2.76. The van der Waals surface area contributed by atoms with E-state index in [1.807, 2.05) is 68.4 Å². The summed E-state index contributed by atoms with van der Waals surface area (Å²) in [5.74, 6) is -3.70. The van der Waals surface area contributed by atoms with Gasteiger partial charge in [-0.3, -0.25) is 19.2 Å². The lowest BCUT2D eigenvalue weighted by atomic mass is 9.70. The van der Waals surface area contributed by atoms with Crippen molar-refractivity contribution in [1.82, 2.24) is 10.2 Å². The molecule has 5 rings (SSSR count). The van der Waals surface area contributed by atoms with Crippen LogP contribution in [0.3, 0.4) is 0 Å². The lowest BCUT2D eigenvalue weighted by Gasteiger charge is -2.41. The van der Waals surface area contributed by atoms with Crippen molar-refractivity contribution in [3.63, 3.8) is 0 Å². The summed E-state index contributed by atoms with van der Waals surface area (Å²) in [6.45, 7) is 19.0. The molecule has 3 aliphatic heterocycles. The van der Waals surface area contributed by atoms with Crippen LogP contribution in [0.25, 0.3) is 0 Å². The minimum Gasteiger partial charge on any atom is -0.455 e. The van der Waals surface area contributed by atoms with E-state index in [1.165, 1.54) is 4.90 Å². The van der Waals surface area contributed by atoms with Crippen molar-refractivity contribution in [1.29, 1.82) is 0 Å². The number of hydrogen-bond acceptors (Lipinski definition) is 8. The maximum Gasteiger partial charge on any atom is 0.313 e. The van der Waals surface area contributed by atoms with E-state index in [1.54, 1.807) is 24.0 Å². The second-order valence-corrected chi connectivity index (χ2v) is 14.8. The Morgan fingerprint density at radius 1 is 1.04 bits per heavy atom. The molecule has 0 unspecified atom stereocenters. The van der Waals surface area contributed by atoms with Crippen LogP contribution < -0.4 is 15.1 Å². The number of anilines is 2. The van der Waals surface area contributed by atoms with Gasteiger partial charge in [-0.1, -0.05) is 62.8 Å². The standard InChI is InChI=1S/C43H58N4O7/c1-8-13-19-35(49)44-29(7)38(30-17-15-14-16-18-30)53-42(52)36-34-24-25-43(54-34)37(36)40(50)47(33(27-48)28(6)10-3)39(43)41(51)46(26-9-2)32-22-20-31(21-23-32)45(11-4)12-5/h8-9,14-18,20-23,28-29,33-34,36-39,48H,1-2,10-13,19,24-27H2,3-7H3,(H,44,49)/t28-,29-,33-,34+,36-,37-,38-,39+,43-/m0/s1. The summed E-state index contributed by atoms with van der Waals surface area (Å²) in [4.78, 5) is 62.7. The van der Waals surface area contributed by atoms with Gasteiger partial charge in [0.1, 0.15) is 17.7 Å². The molecule has 0 aromatic heterocycles. The lowest BCUT2D eigenvalue weighted by molar-refractivity contribution is -0.162. The third-order valence-corrected chi connectivity index (χ3v) is 11.7. The molecule has 2 bridgehead atoms. The normalized spacial score (nSPS) is 24.9. The largest absolute Gasteiger partial charge is 0.455 e. The zero-order chi connectivity index (χ0) is 39.2. The molecule has 11 heteroatoms. The molecule has 11 nitrogen and oxygen atoms in total. The molecule has 9 atom stereocenters. The van der Waals surface area contributed by atoms with E-state index < -0.39 is 59.6 Å². The number of allylic oxidation sites excluding steroid dienone is 1. The van der Waals surface area contributed by atoms with Gasteiger partial charge in [0, 0.05) is 37.4 Å². The summed E-state index contributed by atoms with van der Waals surface area (Å²) in [6, 6.07) is 14.6. The Balaban J connectivity index is 1.52. The van der Waals surface area contributed by atoms with Gasteiger partial charge >= 0.3 is 5.97 Å². The third kappa shape index (κ3) is 7.71. The first-order valence-corrected chi connectivity index (χ1v) is 19.5. The van der Waals surface area contributed by atoms with Gasteiger partial charge in [0.2, 0.25) is 11.8 Å². The van der Waals surface area contributed by atoms with Crippen LogP contribution >= 0.6 is 0 Å². The molecule has 2 aromatic rings. The van der Waals surface area contributed by atoms with Gasteiger partial charge in [-0.25, -0.2) is 0 Å². The summed E-state index contributed by atoms with van der Waals surface area (Å²) in [5.41, 5.74) is 1.06. The van der Waals surface area contributed by atoms with Crippen molar-refractivity contribution in [2.75, 3.05) is 36.0 Å². The van der Waals surface area contributed by atoms with E-state index in [9.17, 15) is 19.5 Å². The first kappa shape index (κ1) is 40.7. The monoisotopic (exact) mass is 742 g/mol. The van der Waals surface area contributed by atoms with Gasteiger partial charge < -0.3 is 34.6 Å². The molecule has 0 radical (unpaired) electrons. The Morgan fingerprint density at radius 2 is 1.70 bits per heavy atom. The molecule has 0 saturated carbocycles. The first-order valence-electron chi connectivity index (χ1n) is 19.5. The lowest BCUT2D eigenvalue weighted by Crippen LogP contribution is -2.60. The number of nitrogens with zero attached hydrogens (tertiary/aromatic N) is 3. The zero-order valence-electron chi connectivity index (χ0n) is 32.5. The highest BCUT2D eigenvalue weighted by Crippen LogP contribution is 2.59. The van der Waals surface area contributed by atoms with E-state index >= 15 is 4.79 Å². The van der Waals surface area contributed by atoms with E-state index in [0.29, 0.717) is 36.9 Å².